The lowest BCUT2D eigenvalue weighted by Crippen LogP contribution is -2.25. The second-order valence-electron chi connectivity index (χ2n) is 6.13. The fourth-order valence-corrected chi connectivity index (χ4v) is 2.88. The molecule has 2 aromatic rings. The van der Waals surface area contributed by atoms with Gasteiger partial charge < -0.3 is 24.8 Å². The summed E-state index contributed by atoms with van der Waals surface area (Å²) < 4.78 is 15.9. The van der Waals surface area contributed by atoms with Crippen LogP contribution in [0.5, 0.6) is 17.2 Å². The molecule has 7 nitrogen and oxygen atoms in total. The van der Waals surface area contributed by atoms with Crippen LogP contribution in [0.3, 0.4) is 0 Å². The Balaban J connectivity index is 1.29. The normalized spacial score (nSPS) is 14.2. The number of aryl methyl sites for hydroxylation is 1. The van der Waals surface area contributed by atoms with Crippen LogP contribution in [-0.4, -0.2) is 25.2 Å². The molecule has 2 aliphatic rings. The second kappa shape index (κ2) is 6.95. The third-order valence-corrected chi connectivity index (χ3v) is 4.24. The molecule has 26 heavy (non-hydrogen) atoms. The molecular weight excluding hydrogens is 336 g/mol. The van der Waals surface area contributed by atoms with Gasteiger partial charge in [-0.2, -0.15) is 0 Å². The van der Waals surface area contributed by atoms with Gasteiger partial charge in [-0.15, -0.1) is 0 Å². The molecule has 2 amide bonds. The van der Waals surface area contributed by atoms with E-state index in [2.05, 4.69) is 10.6 Å². The van der Waals surface area contributed by atoms with Crippen LogP contribution in [0, 0.1) is 0 Å². The van der Waals surface area contributed by atoms with Gasteiger partial charge in [0.25, 0.3) is 5.91 Å². The van der Waals surface area contributed by atoms with Gasteiger partial charge in [0.05, 0.1) is 5.69 Å². The summed E-state index contributed by atoms with van der Waals surface area (Å²) >= 11 is 0. The molecule has 2 aliphatic heterocycles. The van der Waals surface area contributed by atoms with Crippen molar-refractivity contribution in [3.05, 3.63) is 47.5 Å². The van der Waals surface area contributed by atoms with Gasteiger partial charge in [0.2, 0.25) is 12.7 Å². The van der Waals surface area contributed by atoms with E-state index < -0.39 is 0 Å². The Morgan fingerprint density at radius 2 is 1.81 bits per heavy atom. The van der Waals surface area contributed by atoms with Crippen molar-refractivity contribution in [3.8, 4) is 17.2 Å². The fraction of sp³-hybridized carbons (Fsp3) is 0.263. The first-order chi connectivity index (χ1) is 12.7. The van der Waals surface area contributed by atoms with E-state index in [0.29, 0.717) is 36.6 Å². The Morgan fingerprint density at radius 3 is 2.73 bits per heavy atom. The first-order valence-electron chi connectivity index (χ1n) is 8.38. The van der Waals surface area contributed by atoms with Crippen molar-refractivity contribution in [2.75, 3.05) is 18.7 Å². The zero-order valence-electron chi connectivity index (χ0n) is 14.0. The number of fused-ring (bicyclic) bond motifs is 2. The minimum Gasteiger partial charge on any atom is -0.482 e. The standard InChI is InChI=1S/C19H18N2O5/c22-18(20-9-13-2-5-16-17(8-13)26-11-25-16)6-3-12-1-4-15-14(7-12)21-19(23)10-24-15/h1-2,4-5,7-8H,3,6,9-11H2,(H,20,22)(H,21,23). The van der Waals surface area contributed by atoms with Crippen LogP contribution in [0.25, 0.3) is 0 Å². The average Bonchev–Trinajstić information content (AvgIpc) is 3.12. The van der Waals surface area contributed by atoms with Gasteiger partial charge in [0.1, 0.15) is 5.75 Å². The van der Waals surface area contributed by atoms with Gasteiger partial charge >= 0.3 is 0 Å². The third-order valence-electron chi connectivity index (χ3n) is 4.24. The van der Waals surface area contributed by atoms with E-state index in [1.165, 1.54) is 0 Å². The molecule has 0 atom stereocenters. The third kappa shape index (κ3) is 3.56. The Hall–Kier alpha value is -3.22. The van der Waals surface area contributed by atoms with Gasteiger partial charge in [-0.25, -0.2) is 0 Å². The van der Waals surface area contributed by atoms with Gasteiger partial charge in [-0.05, 0) is 41.8 Å². The van der Waals surface area contributed by atoms with E-state index in [1.807, 2.05) is 36.4 Å². The molecule has 4 rings (SSSR count). The maximum atomic E-state index is 12.1. The molecule has 0 saturated carbocycles. The molecule has 7 heteroatoms. The van der Waals surface area contributed by atoms with Crippen molar-refractivity contribution in [3.63, 3.8) is 0 Å². The topological polar surface area (TPSA) is 85.9 Å². The molecule has 0 spiro atoms. The molecular formula is C19H18N2O5. The van der Waals surface area contributed by atoms with Crippen molar-refractivity contribution in [1.29, 1.82) is 0 Å². The number of anilines is 1. The van der Waals surface area contributed by atoms with Crippen molar-refractivity contribution in [2.45, 2.75) is 19.4 Å². The molecule has 0 bridgehead atoms. The molecule has 134 valence electrons. The highest BCUT2D eigenvalue weighted by Gasteiger charge is 2.16. The predicted octanol–water partition coefficient (Wildman–Crippen LogP) is 2.00. The van der Waals surface area contributed by atoms with Crippen LogP contribution in [0.1, 0.15) is 17.5 Å². The average molecular weight is 354 g/mol. The SMILES string of the molecule is O=C(CCc1ccc2c(c1)NC(=O)CO2)NCc1ccc2c(c1)OCO2. The number of ether oxygens (including phenoxy) is 3. The smallest absolute Gasteiger partial charge is 0.262 e. The zero-order chi connectivity index (χ0) is 17.9. The highest BCUT2D eigenvalue weighted by atomic mass is 16.7. The van der Waals surface area contributed by atoms with Gasteiger partial charge in [0, 0.05) is 13.0 Å². The Kier molecular flexibility index (Phi) is 4.35. The molecule has 2 aromatic carbocycles. The van der Waals surface area contributed by atoms with E-state index in [4.69, 9.17) is 14.2 Å². The minimum absolute atomic E-state index is 0.0363. The predicted molar refractivity (Wildman–Crippen MR) is 93.3 cm³/mol. The van der Waals surface area contributed by atoms with Gasteiger partial charge in [-0.1, -0.05) is 12.1 Å². The summed E-state index contributed by atoms with van der Waals surface area (Å²) in [6, 6.07) is 11.2. The molecule has 0 radical (unpaired) electrons. The summed E-state index contributed by atoms with van der Waals surface area (Å²) in [7, 11) is 0. The van der Waals surface area contributed by atoms with Gasteiger partial charge in [-0.3, -0.25) is 9.59 Å². The quantitative estimate of drug-likeness (QED) is 0.858. The Bertz CT molecular complexity index is 865. The summed E-state index contributed by atoms with van der Waals surface area (Å²) in [5.41, 5.74) is 2.57. The van der Waals surface area contributed by atoms with Crippen LogP contribution >= 0.6 is 0 Å². The van der Waals surface area contributed by atoms with Crippen molar-refractivity contribution >= 4 is 17.5 Å². The van der Waals surface area contributed by atoms with E-state index in [9.17, 15) is 9.59 Å². The van der Waals surface area contributed by atoms with E-state index in [0.717, 1.165) is 16.9 Å². The summed E-state index contributed by atoms with van der Waals surface area (Å²) in [6.07, 6.45) is 0.939. The molecule has 2 heterocycles. The zero-order valence-corrected chi connectivity index (χ0v) is 14.0. The number of hydrogen-bond donors (Lipinski definition) is 2. The minimum atomic E-state index is -0.170. The number of carbonyl (C=O) groups excluding carboxylic acids is 2. The van der Waals surface area contributed by atoms with Crippen molar-refractivity contribution in [1.82, 2.24) is 5.32 Å². The maximum absolute atomic E-state index is 12.1. The summed E-state index contributed by atoms with van der Waals surface area (Å²) in [5, 5.41) is 5.67. The van der Waals surface area contributed by atoms with Crippen LogP contribution in [0.15, 0.2) is 36.4 Å². The Labute approximate surface area is 150 Å². The van der Waals surface area contributed by atoms with E-state index >= 15 is 0 Å². The van der Waals surface area contributed by atoms with Crippen molar-refractivity contribution in [2.24, 2.45) is 0 Å². The van der Waals surface area contributed by atoms with Crippen LogP contribution in [0.2, 0.25) is 0 Å². The summed E-state index contributed by atoms with van der Waals surface area (Å²) in [5.74, 6) is 1.87. The summed E-state index contributed by atoms with van der Waals surface area (Å²) in [4.78, 5) is 23.5. The van der Waals surface area contributed by atoms with E-state index in [-0.39, 0.29) is 25.2 Å². The lowest BCUT2D eigenvalue weighted by atomic mass is 10.1. The lowest BCUT2D eigenvalue weighted by Gasteiger charge is -2.18. The molecule has 0 aliphatic carbocycles. The number of amides is 2. The van der Waals surface area contributed by atoms with Crippen LogP contribution in [-0.2, 0) is 22.6 Å². The molecule has 0 unspecified atom stereocenters. The Morgan fingerprint density at radius 1 is 1.00 bits per heavy atom. The largest absolute Gasteiger partial charge is 0.482 e. The molecule has 0 fully saturated rings. The molecule has 2 N–H and O–H groups in total. The van der Waals surface area contributed by atoms with Crippen molar-refractivity contribution < 1.29 is 23.8 Å². The molecule has 0 saturated heterocycles. The van der Waals surface area contributed by atoms with E-state index in [1.54, 1.807) is 0 Å². The number of rotatable bonds is 5. The monoisotopic (exact) mass is 354 g/mol. The van der Waals surface area contributed by atoms with Crippen LogP contribution < -0.4 is 24.8 Å². The highest BCUT2D eigenvalue weighted by molar-refractivity contribution is 5.95. The first-order valence-corrected chi connectivity index (χ1v) is 8.38. The first kappa shape index (κ1) is 16.3. The highest BCUT2D eigenvalue weighted by Crippen LogP contribution is 2.32. The number of carbonyl (C=O) groups is 2. The van der Waals surface area contributed by atoms with Gasteiger partial charge in [0.15, 0.2) is 18.1 Å². The molecule has 0 aromatic heterocycles. The summed E-state index contributed by atoms with van der Waals surface area (Å²) in [6.45, 7) is 0.704. The number of nitrogens with one attached hydrogen (secondary N) is 2. The van der Waals surface area contributed by atoms with Crippen LogP contribution in [0.4, 0.5) is 5.69 Å². The maximum Gasteiger partial charge on any atom is 0.262 e. The number of benzene rings is 2. The second-order valence-corrected chi connectivity index (χ2v) is 6.13. The lowest BCUT2D eigenvalue weighted by molar-refractivity contribution is -0.121. The fourth-order valence-electron chi connectivity index (χ4n) is 2.88. The number of hydrogen-bond acceptors (Lipinski definition) is 5.